The molecule has 0 bridgehead atoms. The molecule has 2 aromatic rings. The molecule has 7 heteroatoms. The molecule has 1 fully saturated rings. The molecular weight excluding hydrogens is 336 g/mol. The number of carboxylic acids is 1. The maximum Gasteiger partial charge on any atom is 0.320 e. The second kappa shape index (κ2) is 8.01. The number of thioether (sulfide) groups is 1. The Kier molecular flexibility index (Phi) is 5.75. The molecule has 0 saturated heterocycles. The lowest BCUT2D eigenvalue weighted by atomic mass is 9.75. The summed E-state index contributed by atoms with van der Waals surface area (Å²) in [5.41, 5.74) is 7.55. The highest BCUT2D eigenvalue weighted by atomic mass is 32.2. The van der Waals surface area contributed by atoms with Crippen molar-refractivity contribution in [3.8, 4) is 11.3 Å². The van der Waals surface area contributed by atoms with Gasteiger partial charge in [0.2, 0.25) is 0 Å². The molecule has 3 rings (SSSR count). The number of benzene rings is 1. The molecule has 1 unspecified atom stereocenters. The largest absolute Gasteiger partial charge is 0.480 e. The zero-order valence-electron chi connectivity index (χ0n) is 14.2. The van der Waals surface area contributed by atoms with Crippen LogP contribution in [0.5, 0.6) is 0 Å². The van der Waals surface area contributed by atoms with E-state index >= 15 is 0 Å². The molecule has 1 aromatic carbocycles. The van der Waals surface area contributed by atoms with Gasteiger partial charge in [-0.15, -0.1) is 0 Å². The molecule has 25 heavy (non-hydrogen) atoms. The van der Waals surface area contributed by atoms with E-state index < -0.39 is 12.0 Å². The van der Waals surface area contributed by atoms with Crippen LogP contribution in [0.25, 0.3) is 11.3 Å². The molecule has 0 spiro atoms. The van der Waals surface area contributed by atoms with Crippen molar-refractivity contribution in [1.29, 1.82) is 0 Å². The monoisotopic (exact) mass is 360 g/mol. The fourth-order valence-electron chi connectivity index (χ4n) is 3.07. The minimum Gasteiger partial charge on any atom is -0.480 e. The van der Waals surface area contributed by atoms with E-state index in [4.69, 9.17) is 15.9 Å². The first-order chi connectivity index (χ1) is 12.1. The predicted octanol–water partition coefficient (Wildman–Crippen LogP) is 2.75. The van der Waals surface area contributed by atoms with Crippen molar-refractivity contribution in [2.45, 2.75) is 43.7 Å². The zero-order chi connectivity index (χ0) is 17.7. The van der Waals surface area contributed by atoms with Gasteiger partial charge in [0.15, 0.2) is 0 Å². The first kappa shape index (κ1) is 17.9. The second-order valence-electron chi connectivity index (χ2n) is 6.56. The molecule has 1 aliphatic carbocycles. The fourth-order valence-corrected chi connectivity index (χ4v) is 4.21. The Morgan fingerprint density at radius 1 is 1.32 bits per heavy atom. The zero-order valence-corrected chi connectivity index (χ0v) is 15.0. The third-order valence-corrected chi connectivity index (χ3v) is 5.89. The van der Waals surface area contributed by atoms with Gasteiger partial charge in [-0.2, -0.15) is 26.8 Å². The van der Waals surface area contributed by atoms with Crippen LogP contribution in [0.2, 0.25) is 0 Å². The molecule has 1 aliphatic rings. The Morgan fingerprint density at radius 2 is 2.08 bits per heavy atom. The summed E-state index contributed by atoms with van der Waals surface area (Å²) in [6.45, 7) is 0. The van der Waals surface area contributed by atoms with Crippen LogP contribution in [-0.2, 0) is 10.3 Å². The third kappa shape index (κ3) is 4.22. The van der Waals surface area contributed by atoms with Gasteiger partial charge >= 0.3 is 5.97 Å². The van der Waals surface area contributed by atoms with E-state index in [0.29, 0.717) is 6.42 Å². The Balaban J connectivity index is 1.55. The van der Waals surface area contributed by atoms with Crippen molar-refractivity contribution in [1.82, 2.24) is 15.0 Å². The topological polar surface area (TPSA) is 94.0 Å². The molecule has 6 nitrogen and oxygen atoms in total. The molecule has 0 amide bonds. The van der Waals surface area contributed by atoms with E-state index in [1.54, 1.807) is 11.8 Å². The van der Waals surface area contributed by atoms with Gasteiger partial charge in [0.25, 0.3) is 0 Å². The molecular formula is C18H24N4O2S. The van der Waals surface area contributed by atoms with Crippen LogP contribution in [0.1, 0.15) is 32.1 Å². The van der Waals surface area contributed by atoms with Crippen LogP contribution < -0.4 is 5.73 Å². The average molecular weight is 360 g/mol. The predicted molar refractivity (Wildman–Crippen MR) is 99.5 cm³/mol. The van der Waals surface area contributed by atoms with E-state index in [-0.39, 0.29) is 5.54 Å². The molecule has 0 radical (unpaired) electrons. The number of nitrogens with two attached hydrogens (primary N) is 1. The standard InChI is InChI=1S/C18H24N4O2S/c19-15(17(23)24)7-11-25-12-10-18(8-4-9-18)22-20-13-16(21-22)14-5-2-1-3-6-14/h1-3,5-6,13,15H,4,7-12,19H2,(H,23,24). The van der Waals surface area contributed by atoms with Gasteiger partial charge in [-0.1, -0.05) is 30.3 Å². The lowest BCUT2D eigenvalue weighted by molar-refractivity contribution is -0.138. The first-order valence-electron chi connectivity index (χ1n) is 8.65. The van der Waals surface area contributed by atoms with E-state index in [0.717, 1.165) is 42.0 Å². The number of hydrogen-bond acceptors (Lipinski definition) is 5. The van der Waals surface area contributed by atoms with E-state index in [1.807, 2.05) is 41.3 Å². The minimum absolute atomic E-state index is 0.0228. The highest BCUT2D eigenvalue weighted by Crippen LogP contribution is 2.42. The van der Waals surface area contributed by atoms with Crippen molar-refractivity contribution in [3.63, 3.8) is 0 Å². The Labute approximate surface area is 151 Å². The lowest BCUT2D eigenvalue weighted by Gasteiger charge is -2.40. The SMILES string of the molecule is NC(CCSCCC1(n2ncc(-c3ccccc3)n2)CCC1)C(=O)O. The number of aliphatic carboxylic acids is 1. The number of carbonyl (C=O) groups is 1. The summed E-state index contributed by atoms with van der Waals surface area (Å²) in [6, 6.07) is 9.34. The van der Waals surface area contributed by atoms with E-state index in [1.165, 1.54) is 6.42 Å². The normalized spacial score (nSPS) is 17.0. The molecule has 3 N–H and O–H groups in total. The van der Waals surface area contributed by atoms with Crippen molar-refractivity contribution in [3.05, 3.63) is 36.5 Å². The minimum atomic E-state index is -0.926. The number of hydrogen-bond donors (Lipinski definition) is 2. The summed E-state index contributed by atoms with van der Waals surface area (Å²) in [5.74, 6) is 0.810. The van der Waals surface area contributed by atoms with Gasteiger partial charge in [0.05, 0.1) is 11.7 Å². The van der Waals surface area contributed by atoms with Gasteiger partial charge in [0, 0.05) is 5.56 Å². The van der Waals surface area contributed by atoms with Gasteiger partial charge in [0.1, 0.15) is 11.7 Å². The maximum absolute atomic E-state index is 10.7. The number of carboxylic acid groups (broad SMARTS) is 1. The Bertz CT molecular complexity index is 700. The molecule has 1 saturated carbocycles. The lowest BCUT2D eigenvalue weighted by Crippen LogP contribution is -2.42. The summed E-state index contributed by atoms with van der Waals surface area (Å²) in [4.78, 5) is 12.6. The van der Waals surface area contributed by atoms with Crippen molar-refractivity contribution in [2.75, 3.05) is 11.5 Å². The summed E-state index contributed by atoms with van der Waals surface area (Å²) in [5, 5.41) is 18.1. The van der Waals surface area contributed by atoms with Gasteiger partial charge < -0.3 is 10.8 Å². The van der Waals surface area contributed by atoms with Crippen molar-refractivity contribution < 1.29 is 9.90 Å². The number of nitrogens with zero attached hydrogens (tertiary/aromatic N) is 3. The molecule has 1 heterocycles. The maximum atomic E-state index is 10.7. The van der Waals surface area contributed by atoms with Crippen LogP contribution in [0.3, 0.4) is 0 Å². The summed E-state index contributed by atoms with van der Waals surface area (Å²) >= 11 is 1.76. The Morgan fingerprint density at radius 3 is 2.72 bits per heavy atom. The quantitative estimate of drug-likeness (QED) is 0.668. The average Bonchev–Trinajstić information content (AvgIpc) is 3.07. The van der Waals surface area contributed by atoms with E-state index in [2.05, 4.69) is 5.10 Å². The first-order valence-corrected chi connectivity index (χ1v) is 9.81. The summed E-state index contributed by atoms with van der Waals surface area (Å²) in [7, 11) is 0. The van der Waals surface area contributed by atoms with Gasteiger partial charge in [-0.3, -0.25) is 4.79 Å². The van der Waals surface area contributed by atoms with Crippen LogP contribution in [0.4, 0.5) is 0 Å². The highest BCUT2D eigenvalue weighted by Gasteiger charge is 2.40. The van der Waals surface area contributed by atoms with Gasteiger partial charge in [-0.25, -0.2) is 0 Å². The summed E-state index contributed by atoms with van der Waals surface area (Å²) < 4.78 is 0. The van der Waals surface area contributed by atoms with Crippen molar-refractivity contribution >= 4 is 17.7 Å². The molecule has 0 aliphatic heterocycles. The fraction of sp³-hybridized carbons (Fsp3) is 0.500. The van der Waals surface area contributed by atoms with Crippen molar-refractivity contribution in [2.24, 2.45) is 5.73 Å². The molecule has 1 atom stereocenters. The third-order valence-electron chi connectivity index (χ3n) is 4.87. The molecule has 1 aromatic heterocycles. The number of aromatic nitrogens is 3. The van der Waals surface area contributed by atoms with Crippen LogP contribution in [0.15, 0.2) is 36.5 Å². The van der Waals surface area contributed by atoms with Crippen LogP contribution in [0, 0.1) is 0 Å². The summed E-state index contributed by atoms with van der Waals surface area (Å²) in [6.07, 6.45) is 6.76. The van der Waals surface area contributed by atoms with Crippen LogP contribution >= 0.6 is 11.8 Å². The number of rotatable bonds is 9. The Hall–Kier alpha value is -1.86. The van der Waals surface area contributed by atoms with Gasteiger partial charge in [-0.05, 0) is 43.6 Å². The molecule has 134 valence electrons. The second-order valence-corrected chi connectivity index (χ2v) is 7.78. The smallest absolute Gasteiger partial charge is 0.320 e. The van der Waals surface area contributed by atoms with E-state index in [9.17, 15) is 4.79 Å². The van der Waals surface area contributed by atoms with Crippen LogP contribution in [-0.4, -0.2) is 43.6 Å². The highest BCUT2D eigenvalue weighted by molar-refractivity contribution is 7.99.